The van der Waals surface area contributed by atoms with Gasteiger partial charge in [0.2, 0.25) is 5.91 Å². The van der Waals surface area contributed by atoms with Crippen LogP contribution in [0.1, 0.15) is 24.1 Å². The maximum Gasteiger partial charge on any atom is 0.313 e. The molecule has 0 aromatic heterocycles. The molecule has 0 unspecified atom stereocenters. The lowest BCUT2D eigenvalue weighted by molar-refractivity contribution is -0.155. The Kier molecular flexibility index (Phi) is 4.79. The van der Waals surface area contributed by atoms with Gasteiger partial charge in [-0.3, -0.25) is 9.59 Å². The summed E-state index contributed by atoms with van der Waals surface area (Å²) in [5.41, 5.74) is 1.23. The second-order valence-electron chi connectivity index (χ2n) is 8.19. The normalized spacial score (nSPS) is 29.9. The average Bonchev–Trinajstić information content (AvgIpc) is 3.41. The molecule has 5 nitrogen and oxygen atoms in total. The molecular weight excluding hydrogens is 446 g/mol. The number of fused-ring (bicyclic) bond motifs is 1. The van der Waals surface area contributed by atoms with Crippen molar-refractivity contribution in [3.8, 4) is 0 Å². The largest absolute Gasteiger partial charge is 0.460 e. The zero-order chi connectivity index (χ0) is 20.9. The fourth-order valence-electron chi connectivity index (χ4n) is 4.87. The Morgan fingerprint density at radius 2 is 1.97 bits per heavy atom. The van der Waals surface area contributed by atoms with Crippen molar-refractivity contribution in [3.05, 3.63) is 82.3 Å². The number of likely N-dealkylation sites (tertiary alicyclic amines) is 1. The highest BCUT2D eigenvalue weighted by Crippen LogP contribution is 2.53. The van der Waals surface area contributed by atoms with E-state index in [-0.39, 0.29) is 24.5 Å². The molecule has 5 rings (SSSR count). The summed E-state index contributed by atoms with van der Waals surface area (Å²) in [5.74, 6) is -1.55. The third kappa shape index (κ3) is 3.10. The molecule has 2 aromatic rings. The molecule has 1 spiro atoms. The highest BCUT2D eigenvalue weighted by atomic mass is 79.9. The summed E-state index contributed by atoms with van der Waals surface area (Å²) in [6.07, 6.45) is 3.48. The number of halogens is 1. The second kappa shape index (κ2) is 7.36. The summed E-state index contributed by atoms with van der Waals surface area (Å²) in [6, 6.07) is 17.4. The Bertz CT molecular complexity index is 1010. The van der Waals surface area contributed by atoms with Crippen LogP contribution in [-0.4, -0.2) is 35.0 Å². The zero-order valence-electron chi connectivity index (χ0n) is 16.5. The highest BCUT2D eigenvalue weighted by molar-refractivity contribution is 9.10. The number of hydrogen-bond acceptors (Lipinski definition) is 4. The molecule has 0 N–H and O–H groups in total. The van der Waals surface area contributed by atoms with Crippen molar-refractivity contribution in [1.29, 1.82) is 0 Å². The van der Waals surface area contributed by atoms with Crippen LogP contribution in [0.4, 0.5) is 0 Å². The van der Waals surface area contributed by atoms with Crippen molar-refractivity contribution in [2.45, 2.75) is 31.3 Å². The van der Waals surface area contributed by atoms with Gasteiger partial charge in [-0.2, -0.15) is 0 Å². The Labute approximate surface area is 183 Å². The van der Waals surface area contributed by atoms with E-state index in [1.165, 1.54) is 0 Å². The quantitative estimate of drug-likeness (QED) is 0.491. The maximum atomic E-state index is 13.4. The smallest absolute Gasteiger partial charge is 0.313 e. The lowest BCUT2D eigenvalue weighted by atomic mass is 9.77. The number of amides is 1. The van der Waals surface area contributed by atoms with Crippen molar-refractivity contribution in [3.63, 3.8) is 0 Å². The van der Waals surface area contributed by atoms with Crippen LogP contribution in [0.3, 0.4) is 0 Å². The van der Waals surface area contributed by atoms with Crippen molar-refractivity contribution >= 4 is 27.8 Å². The number of carbonyl (C=O) groups excluding carboxylic acids is 2. The van der Waals surface area contributed by atoms with Gasteiger partial charge in [0.15, 0.2) is 0 Å². The van der Waals surface area contributed by atoms with Gasteiger partial charge >= 0.3 is 5.97 Å². The molecule has 3 heterocycles. The predicted octanol–water partition coefficient (Wildman–Crippen LogP) is 4.04. The Balaban J connectivity index is 1.35. The van der Waals surface area contributed by atoms with Gasteiger partial charge in [0.05, 0.1) is 24.6 Å². The van der Waals surface area contributed by atoms with Crippen LogP contribution in [-0.2, 0) is 25.7 Å². The number of benzene rings is 2. The molecular formula is C24H22BrNO4. The molecule has 0 saturated carbocycles. The molecule has 2 saturated heterocycles. The van der Waals surface area contributed by atoms with Crippen LogP contribution in [0.25, 0.3) is 0 Å². The fourth-order valence-corrected chi connectivity index (χ4v) is 5.14. The Morgan fingerprint density at radius 1 is 1.23 bits per heavy atom. The minimum atomic E-state index is -0.734. The van der Waals surface area contributed by atoms with Gasteiger partial charge in [0.25, 0.3) is 0 Å². The fraction of sp³-hybridized carbons (Fsp3) is 0.333. The van der Waals surface area contributed by atoms with E-state index in [1.54, 1.807) is 0 Å². The lowest BCUT2D eigenvalue weighted by Crippen LogP contribution is -2.40. The standard InChI is InChI=1S/C24H22BrNO4/c1-15(17-7-9-18(25)10-8-17)26-14-24-12-11-19(30-24)20(21(24)22(26)27)23(28)29-13-16-5-3-2-4-6-16/h2-12,15,19-21H,13-14H2,1H3/t15-,19+,20+,21-,24+/m0/s1. The van der Waals surface area contributed by atoms with Crippen molar-refractivity contribution in [2.24, 2.45) is 11.8 Å². The van der Waals surface area contributed by atoms with Crippen LogP contribution in [0.2, 0.25) is 0 Å². The molecule has 154 valence electrons. The zero-order valence-corrected chi connectivity index (χ0v) is 18.1. The summed E-state index contributed by atoms with van der Waals surface area (Å²) >= 11 is 3.45. The molecule has 3 aliphatic rings. The summed E-state index contributed by atoms with van der Waals surface area (Å²) < 4.78 is 12.8. The number of nitrogens with zero attached hydrogens (tertiary/aromatic N) is 1. The van der Waals surface area contributed by atoms with E-state index in [4.69, 9.17) is 9.47 Å². The molecule has 0 radical (unpaired) electrons. The number of esters is 1. The van der Waals surface area contributed by atoms with Gasteiger partial charge in [-0.05, 0) is 30.2 Å². The van der Waals surface area contributed by atoms with E-state index in [9.17, 15) is 9.59 Å². The van der Waals surface area contributed by atoms with E-state index in [0.717, 1.165) is 15.6 Å². The van der Waals surface area contributed by atoms with Gasteiger partial charge in [-0.15, -0.1) is 0 Å². The molecule has 3 aliphatic heterocycles. The van der Waals surface area contributed by atoms with Gasteiger partial charge in [0.1, 0.15) is 18.1 Å². The van der Waals surface area contributed by atoms with Crippen molar-refractivity contribution < 1.29 is 19.1 Å². The number of rotatable bonds is 5. The van der Waals surface area contributed by atoms with Crippen LogP contribution < -0.4 is 0 Å². The monoisotopic (exact) mass is 467 g/mol. The first-order valence-corrected chi connectivity index (χ1v) is 10.9. The molecule has 6 heteroatoms. The van der Waals surface area contributed by atoms with E-state index >= 15 is 0 Å². The van der Waals surface area contributed by atoms with Gasteiger partial charge in [-0.25, -0.2) is 0 Å². The van der Waals surface area contributed by atoms with Crippen LogP contribution in [0.5, 0.6) is 0 Å². The SMILES string of the molecule is C[C@@H](c1ccc(Br)cc1)N1C[C@@]23C=C[C@@H](O2)[C@@H](C(=O)OCc2ccccc2)[C@H]3C1=O. The molecule has 30 heavy (non-hydrogen) atoms. The molecule has 2 fully saturated rings. The summed E-state index contributed by atoms with van der Waals surface area (Å²) in [7, 11) is 0. The summed E-state index contributed by atoms with van der Waals surface area (Å²) in [6.45, 7) is 2.65. The highest BCUT2D eigenvalue weighted by Gasteiger charge is 2.67. The van der Waals surface area contributed by atoms with E-state index in [0.29, 0.717) is 6.54 Å². The van der Waals surface area contributed by atoms with Crippen LogP contribution >= 0.6 is 15.9 Å². The lowest BCUT2D eigenvalue weighted by Gasteiger charge is -2.27. The first kappa shape index (κ1) is 19.5. The second-order valence-corrected chi connectivity index (χ2v) is 9.10. The minimum absolute atomic E-state index is 0.0427. The molecule has 2 bridgehead atoms. The molecule has 5 atom stereocenters. The summed E-state index contributed by atoms with van der Waals surface area (Å²) in [4.78, 5) is 28.2. The topological polar surface area (TPSA) is 55.8 Å². The minimum Gasteiger partial charge on any atom is -0.460 e. The van der Waals surface area contributed by atoms with Crippen LogP contribution in [0, 0.1) is 11.8 Å². The first-order valence-electron chi connectivity index (χ1n) is 10.1. The predicted molar refractivity (Wildman–Crippen MR) is 114 cm³/mol. The number of hydrogen-bond donors (Lipinski definition) is 0. The van der Waals surface area contributed by atoms with Gasteiger partial charge < -0.3 is 14.4 Å². The van der Waals surface area contributed by atoms with E-state index in [2.05, 4.69) is 15.9 Å². The van der Waals surface area contributed by atoms with Gasteiger partial charge in [-0.1, -0.05) is 70.5 Å². The Hall–Kier alpha value is -2.44. The number of carbonyl (C=O) groups is 2. The van der Waals surface area contributed by atoms with E-state index in [1.807, 2.05) is 78.6 Å². The number of ether oxygens (including phenoxy) is 2. The third-order valence-electron chi connectivity index (χ3n) is 6.45. The average molecular weight is 468 g/mol. The first-order chi connectivity index (χ1) is 14.5. The van der Waals surface area contributed by atoms with E-state index < -0.39 is 23.5 Å². The van der Waals surface area contributed by atoms with Crippen molar-refractivity contribution in [2.75, 3.05) is 6.54 Å². The maximum absolute atomic E-state index is 13.4. The Morgan fingerprint density at radius 3 is 2.70 bits per heavy atom. The van der Waals surface area contributed by atoms with Crippen molar-refractivity contribution in [1.82, 2.24) is 4.90 Å². The summed E-state index contributed by atoms with van der Waals surface area (Å²) in [5, 5.41) is 0. The van der Waals surface area contributed by atoms with Gasteiger partial charge in [0, 0.05) is 4.47 Å². The molecule has 1 amide bonds. The van der Waals surface area contributed by atoms with Crippen LogP contribution in [0.15, 0.2) is 71.2 Å². The third-order valence-corrected chi connectivity index (χ3v) is 6.97. The molecule has 0 aliphatic carbocycles. The molecule has 2 aromatic carbocycles.